The lowest BCUT2D eigenvalue weighted by atomic mass is 10.2. The van der Waals surface area contributed by atoms with Crippen LogP contribution in [0.2, 0.25) is 0 Å². The lowest BCUT2D eigenvalue weighted by Crippen LogP contribution is -2.26. The van der Waals surface area contributed by atoms with Crippen LogP contribution in [0.1, 0.15) is 29.2 Å². The van der Waals surface area contributed by atoms with Crippen molar-refractivity contribution in [3.63, 3.8) is 0 Å². The molecule has 0 aliphatic carbocycles. The minimum atomic E-state index is -0.288. The lowest BCUT2D eigenvalue weighted by Gasteiger charge is -2.10. The van der Waals surface area contributed by atoms with Gasteiger partial charge in [0.15, 0.2) is 5.58 Å². The highest BCUT2D eigenvalue weighted by molar-refractivity contribution is 14.1. The summed E-state index contributed by atoms with van der Waals surface area (Å²) in [5.41, 5.74) is 2.14. The van der Waals surface area contributed by atoms with Gasteiger partial charge in [-0.2, -0.15) is 0 Å². The Morgan fingerprint density at radius 2 is 1.90 bits per heavy atom. The van der Waals surface area contributed by atoms with Gasteiger partial charge in [0.05, 0.1) is 0 Å². The third-order valence-corrected chi connectivity index (χ3v) is 3.85. The third kappa shape index (κ3) is 3.07. The first kappa shape index (κ1) is 14.1. The number of carbonyl (C=O) groups excluding carboxylic acids is 1. The highest BCUT2D eigenvalue weighted by Gasteiger charge is 2.16. The highest BCUT2D eigenvalue weighted by atomic mass is 127. The fourth-order valence-electron chi connectivity index (χ4n) is 2.02. The Morgan fingerprint density at radius 3 is 2.62 bits per heavy atom. The Bertz CT molecular complexity index is 747. The summed E-state index contributed by atoms with van der Waals surface area (Å²) in [7, 11) is 0. The van der Waals surface area contributed by atoms with E-state index in [0.717, 1.165) is 14.7 Å². The van der Waals surface area contributed by atoms with Crippen molar-refractivity contribution in [1.29, 1.82) is 0 Å². The molecule has 21 heavy (non-hydrogen) atoms. The number of aromatic nitrogens is 1. The van der Waals surface area contributed by atoms with Crippen molar-refractivity contribution >= 4 is 39.6 Å². The smallest absolute Gasteiger partial charge is 0.251 e. The van der Waals surface area contributed by atoms with Crippen LogP contribution in [-0.4, -0.2) is 10.9 Å². The topological polar surface area (TPSA) is 55.1 Å². The number of hydrogen-bond donors (Lipinski definition) is 1. The van der Waals surface area contributed by atoms with Gasteiger partial charge in [-0.15, -0.1) is 0 Å². The van der Waals surface area contributed by atoms with Gasteiger partial charge in [-0.1, -0.05) is 12.1 Å². The Hall–Kier alpha value is -1.89. The van der Waals surface area contributed by atoms with Crippen molar-refractivity contribution in [2.45, 2.75) is 13.0 Å². The second-order valence-electron chi connectivity index (χ2n) is 4.72. The van der Waals surface area contributed by atoms with Gasteiger partial charge in [0, 0.05) is 9.13 Å². The Labute approximate surface area is 135 Å². The summed E-state index contributed by atoms with van der Waals surface area (Å²) in [5.74, 6) is 0.371. The summed E-state index contributed by atoms with van der Waals surface area (Å²) in [4.78, 5) is 16.6. The average Bonchev–Trinajstić information content (AvgIpc) is 2.92. The van der Waals surface area contributed by atoms with Crippen molar-refractivity contribution in [1.82, 2.24) is 10.3 Å². The first-order valence-corrected chi connectivity index (χ1v) is 7.63. The number of nitrogens with one attached hydrogen (secondary N) is 1. The van der Waals surface area contributed by atoms with Crippen LogP contribution in [0.4, 0.5) is 0 Å². The van der Waals surface area contributed by atoms with Crippen LogP contribution >= 0.6 is 22.6 Å². The van der Waals surface area contributed by atoms with Gasteiger partial charge in [-0.25, -0.2) is 4.98 Å². The second-order valence-corrected chi connectivity index (χ2v) is 5.97. The van der Waals surface area contributed by atoms with Crippen LogP contribution in [0.25, 0.3) is 11.1 Å². The number of fused-ring (bicyclic) bond motifs is 1. The molecule has 3 rings (SSSR count). The van der Waals surface area contributed by atoms with E-state index in [1.165, 1.54) is 0 Å². The van der Waals surface area contributed by atoms with Crippen molar-refractivity contribution in [3.8, 4) is 0 Å². The van der Waals surface area contributed by atoms with E-state index in [1.54, 1.807) is 12.1 Å². The molecule has 0 saturated heterocycles. The zero-order valence-corrected chi connectivity index (χ0v) is 13.5. The molecule has 0 bridgehead atoms. The van der Waals surface area contributed by atoms with Gasteiger partial charge in [0.25, 0.3) is 5.91 Å². The van der Waals surface area contributed by atoms with E-state index >= 15 is 0 Å². The molecule has 0 spiro atoms. The summed E-state index contributed by atoms with van der Waals surface area (Å²) in [6, 6.07) is 14.7. The Morgan fingerprint density at radius 1 is 1.19 bits per heavy atom. The second kappa shape index (κ2) is 5.85. The molecule has 2 aromatic carbocycles. The van der Waals surface area contributed by atoms with Gasteiger partial charge in [-0.3, -0.25) is 4.79 Å². The van der Waals surface area contributed by atoms with Crippen LogP contribution in [-0.2, 0) is 0 Å². The number of rotatable bonds is 3. The molecule has 0 fully saturated rings. The molecule has 0 aliphatic heterocycles. The van der Waals surface area contributed by atoms with E-state index in [4.69, 9.17) is 4.42 Å². The van der Waals surface area contributed by atoms with Crippen LogP contribution in [0.15, 0.2) is 52.9 Å². The maximum absolute atomic E-state index is 12.2. The summed E-state index contributed by atoms with van der Waals surface area (Å²) in [6.45, 7) is 1.86. The SMILES string of the molecule is CC(NC(=O)c1ccc(I)cc1)c1nc2ccccc2o1. The minimum Gasteiger partial charge on any atom is -0.438 e. The lowest BCUT2D eigenvalue weighted by molar-refractivity contribution is 0.0934. The van der Waals surface area contributed by atoms with Gasteiger partial charge in [-0.05, 0) is 65.9 Å². The maximum Gasteiger partial charge on any atom is 0.251 e. The molecule has 1 amide bonds. The molecule has 1 atom stereocenters. The number of hydrogen-bond acceptors (Lipinski definition) is 3. The largest absolute Gasteiger partial charge is 0.438 e. The van der Waals surface area contributed by atoms with E-state index in [2.05, 4.69) is 32.9 Å². The molecule has 0 saturated carbocycles. The molecular formula is C16H13IN2O2. The average molecular weight is 392 g/mol. The molecule has 4 nitrogen and oxygen atoms in total. The van der Waals surface area contributed by atoms with E-state index in [-0.39, 0.29) is 11.9 Å². The Balaban J connectivity index is 1.77. The van der Waals surface area contributed by atoms with E-state index < -0.39 is 0 Å². The molecule has 1 aromatic heterocycles. The monoisotopic (exact) mass is 392 g/mol. The van der Waals surface area contributed by atoms with Crippen LogP contribution in [0.3, 0.4) is 0 Å². The van der Waals surface area contributed by atoms with E-state index in [0.29, 0.717) is 11.5 Å². The molecule has 0 radical (unpaired) electrons. The molecule has 1 N–H and O–H groups in total. The number of carbonyl (C=O) groups is 1. The predicted molar refractivity (Wildman–Crippen MR) is 89.0 cm³/mol. The van der Waals surface area contributed by atoms with E-state index in [9.17, 15) is 4.79 Å². The quantitative estimate of drug-likeness (QED) is 0.688. The summed E-state index contributed by atoms with van der Waals surface area (Å²) in [5, 5.41) is 2.90. The van der Waals surface area contributed by atoms with Crippen LogP contribution < -0.4 is 5.32 Å². The number of amides is 1. The number of para-hydroxylation sites is 2. The first-order valence-electron chi connectivity index (χ1n) is 6.55. The number of oxazole rings is 1. The van der Waals surface area contributed by atoms with Crippen LogP contribution in [0, 0.1) is 3.57 Å². The zero-order chi connectivity index (χ0) is 14.8. The fraction of sp³-hybridized carbons (Fsp3) is 0.125. The van der Waals surface area contributed by atoms with Gasteiger partial charge in [0.1, 0.15) is 11.6 Å². The zero-order valence-electron chi connectivity index (χ0n) is 11.3. The predicted octanol–water partition coefficient (Wildman–Crippen LogP) is 3.92. The van der Waals surface area contributed by atoms with Gasteiger partial charge < -0.3 is 9.73 Å². The summed E-state index contributed by atoms with van der Waals surface area (Å²) in [6.07, 6.45) is 0. The first-order chi connectivity index (χ1) is 10.1. The van der Waals surface area contributed by atoms with Crippen molar-refractivity contribution in [3.05, 3.63) is 63.6 Å². The maximum atomic E-state index is 12.2. The molecule has 106 valence electrons. The molecule has 1 unspecified atom stereocenters. The molecule has 3 aromatic rings. The molecular weight excluding hydrogens is 379 g/mol. The molecule has 5 heteroatoms. The number of benzene rings is 2. The van der Waals surface area contributed by atoms with Gasteiger partial charge >= 0.3 is 0 Å². The number of halogens is 1. The summed E-state index contributed by atoms with van der Waals surface area (Å²) >= 11 is 2.21. The van der Waals surface area contributed by atoms with Gasteiger partial charge in [0.2, 0.25) is 5.89 Å². The third-order valence-electron chi connectivity index (χ3n) is 3.13. The normalized spacial score (nSPS) is 12.3. The van der Waals surface area contributed by atoms with Crippen molar-refractivity contribution in [2.75, 3.05) is 0 Å². The Kier molecular flexibility index (Phi) is 3.92. The fourth-order valence-corrected chi connectivity index (χ4v) is 2.38. The van der Waals surface area contributed by atoms with E-state index in [1.807, 2.05) is 43.3 Å². The molecule has 0 aliphatic rings. The minimum absolute atomic E-state index is 0.138. The van der Waals surface area contributed by atoms with Crippen molar-refractivity contribution < 1.29 is 9.21 Å². The van der Waals surface area contributed by atoms with Crippen molar-refractivity contribution in [2.24, 2.45) is 0 Å². The highest BCUT2D eigenvalue weighted by Crippen LogP contribution is 2.20. The standard InChI is InChI=1S/C16H13IN2O2/c1-10(16-19-13-4-2-3-5-14(13)21-16)18-15(20)11-6-8-12(17)9-7-11/h2-10H,1H3,(H,18,20). The molecule has 1 heterocycles. The summed E-state index contributed by atoms with van der Waals surface area (Å²) < 4.78 is 6.75. The van der Waals surface area contributed by atoms with Crippen LogP contribution in [0.5, 0.6) is 0 Å². The number of nitrogens with zero attached hydrogens (tertiary/aromatic N) is 1.